The summed E-state index contributed by atoms with van der Waals surface area (Å²) in [6.07, 6.45) is 1.08. The van der Waals surface area contributed by atoms with Gasteiger partial charge in [-0.15, -0.1) is 0 Å². The predicted octanol–water partition coefficient (Wildman–Crippen LogP) is 2.77. The van der Waals surface area contributed by atoms with Crippen molar-refractivity contribution < 1.29 is 8.42 Å². The van der Waals surface area contributed by atoms with Gasteiger partial charge < -0.3 is 5.32 Å². The summed E-state index contributed by atoms with van der Waals surface area (Å²) in [5, 5.41) is 3.43. The van der Waals surface area contributed by atoms with Crippen LogP contribution in [0.5, 0.6) is 0 Å². The molecule has 0 aliphatic rings. The Labute approximate surface area is 120 Å². The number of hydrogen-bond acceptors (Lipinski definition) is 5. The van der Waals surface area contributed by atoms with E-state index >= 15 is 0 Å². The molecule has 0 amide bonds. The van der Waals surface area contributed by atoms with Gasteiger partial charge in [0.2, 0.25) is 0 Å². The van der Waals surface area contributed by atoms with Gasteiger partial charge >= 0.3 is 0 Å². The molecule has 102 valence electrons. The van der Waals surface area contributed by atoms with Gasteiger partial charge in [0.05, 0.1) is 21.1 Å². The van der Waals surface area contributed by atoms with Crippen LogP contribution >= 0.6 is 23.2 Å². The Balaban J connectivity index is 2.80. The molecule has 2 rings (SSSR count). The quantitative estimate of drug-likeness (QED) is 0.941. The SMILES string of the molecule is CCNc1nc2cc(Cl)c(Cl)cc2nc1S(C)(=O)=O. The predicted molar refractivity (Wildman–Crippen MR) is 76.8 cm³/mol. The molecule has 0 spiro atoms. The zero-order valence-electron chi connectivity index (χ0n) is 10.2. The number of benzene rings is 1. The van der Waals surface area contributed by atoms with Crippen molar-refractivity contribution in [1.29, 1.82) is 0 Å². The molecule has 1 N–H and O–H groups in total. The number of sulfone groups is 1. The molecule has 0 saturated heterocycles. The van der Waals surface area contributed by atoms with Crippen LogP contribution in [0.2, 0.25) is 10.0 Å². The molecule has 0 fully saturated rings. The van der Waals surface area contributed by atoms with Gasteiger partial charge in [-0.3, -0.25) is 0 Å². The van der Waals surface area contributed by atoms with Gasteiger partial charge in [-0.25, -0.2) is 18.4 Å². The second kappa shape index (κ2) is 5.11. The van der Waals surface area contributed by atoms with Crippen LogP contribution in [0.15, 0.2) is 17.2 Å². The Kier molecular flexibility index (Phi) is 3.85. The summed E-state index contributed by atoms with van der Waals surface area (Å²) in [6, 6.07) is 3.05. The minimum atomic E-state index is -3.48. The molecule has 0 bridgehead atoms. The molecule has 0 unspecified atom stereocenters. The lowest BCUT2D eigenvalue weighted by molar-refractivity contribution is 0.598. The van der Waals surface area contributed by atoms with Gasteiger partial charge in [0.25, 0.3) is 0 Å². The van der Waals surface area contributed by atoms with Crippen molar-refractivity contribution in [3.63, 3.8) is 0 Å². The fraction of sp³-hybridized carbons (Fsp3) is 0.273. The third-order valence-corrected chi connectivity index (χ3v) is 4.08. The molecule has 0 aliphatic heterocycles. The zero-order valence-corrected chi connectivity index (χ0v) is 12.6. The molecule has 8 heteroatoms. The number of nitrogens with zero attached hydrogens (tertiary/aromatic N) is 2. The monoisotopic (exact) mass is 319 g/mol. The maximum Gasteiger partial charge on any atom is 0.198 e. The fourth-order valence-electron chi connectivity index (χ4n) is 1.58. The van der Waals surface area contributed by atoms with Crippen LogP contribution in [0, 0.1) is 0 Å². The molecule has 5 nitrogen and oxygen atoms in total. The number of aromatic nitrogens is 2. The highest BCUT2D eigenvalue weighted by molar-refractivity contribution is 7.90. The summed E-state index contributed by atoms with van der Waals surface area (Å²) in [7, 11) is -3.48. The van der Waals surface area contributed by atoms with Crippen molar-refractivity contribution in [2.45, 2.75) is 11.9 Å². The number of fused-ring (bicyclic) bond motifs is 1. The fourth-order valence-corrected chi connectivity index (χ4v) is 2.63. The lowest BCUT2D eigenvalue weighted by Crippen LogP contribution is -2.10. The average Bonchev–Trinajstić information content (AvgIpc) is 2.29. The summed E-state index contributed by atoms with van der Waals surface area (Å²) in [5.74, 6) is 0.218. The maximum atomic E-state index is 11.7. The van der Waals surface area contributed by atoms with E-state index in [2.05, 4.69) is 15.3 Å². The molecule has 19 heavy (non-hydrogen) atoms. The number of hydrogen-bond donors (Lipinski definition) is 1. The molecule has 0 atom stereocenters. The second-order valence-electron chi connectivity index (χ2n) is 3.93. The molecule has 0 radical (unpaired) electrons. The van der Waals surface area contributed by atoms with Crippen LogP contribution in [0.1, 0.15) is 6.92 Å². The maximum absolute atomic E-state index is 11.7. The summed E-state index contributed by atoms with van der Waals surface area (Å²) in [5.41, 5.74) is 0.870. The van der Waals surface area contributed by atoms with Crippen molar-refractivity contribution in [2.75, 3.05) is 18.1 Å². The lowest BCUT2D eigenvalue weighted by Gasteiger charge is -2.09. The number of halogens is 2. The number of rotatable bonds is 3. The first-order chi connectivity index (χ1) is 8.82. The Morgan fingerprint density at radius 1 is 1.16 bits per heavy atom. The molecular weight excluding hydrogens is 309 g/mol. The molecule has 1 aromatic carbocycles. The molecule has 0 aliphatic carbocycles. The van der Waals surface area contributed by atoms with E-state index < -0.39 is 9.84 Å². The molecule has 1 aromatic heterocycles. The highest BCUT2D eigenvalue weighted by Gasteiger charge is 2.18. The number of nitrogens with one attached hydrogen (secondary N) is 1. The van der Waals surface area contributed by atoms with Crippen molar-refractivity contribution in [3.05, 3.63) is 22.2 Å². The van der Waals surface area contributed by atoms with Crippen molar-refractivity contribution in [1.82, 2.24) is 9.97 Å². The van der Waals surface area contributed by atoms with Crippen LogP contribution in [0.25, 0.3) is 11.0 Å². The van der Waals surface area contributed by atoms with Gasteiger partial charge in [0.15, 0.2) is 20.7 Å². The molecule has 2 aromatic rings. The summed E-state index contributed by atoms with van der Waals surface area (Å²) in [6.45, 7) is 2.37. The normalized spacial score (nSPS) is 11.8. The summed E-state index contributed by atoms with van der Waals surface area (Å²) >= 11 is 11.8. The van der Waals surface area contributed by atoms with E-state index in [1.807, 2.05) is 6.92 Å². The largest absolute Gasteiger partial charge is 0.368 e. The van der Waals surface area contributed by atoms with Crippen molar-refractivity contribution >= 4 is 49.9 Å². The standard InChI is InChI=1S/C11H11Cl2N3O2S/c1-3-14-10-11(19(2,17)18)16-9-5-7(13)6(12)4-8(9)15-10/h4-5H,3H2,1-2H3,(H,14,15). The van der Waals surface area contributed by atoms with E-state index in [0.29, 0.717) is 27.6 Å². The van der Waals surface area contributed by atoms with Gasteiger partial charge in [-0.2, -0.15) is 0 Å². The molecule has 1 heterocycles. The third-order valence-electron chi connectivity index (χ3n) is 2.37. The first kappa shape index (κ1) is 14.3. The van der Waals surface area contributed by atoms with Crippen LogP contribution in [-0.2, 0) is 9.84 Å². The lowest BCUT2D eigenvalue weighted by atomic mass is 10.3. The van der Waals surface area contributed by atoms with E-state index in [1.165, 1.54) is 6.07 Å². The van der Waals surface area contributed by atoms with Crippen LogP contribution < -0.4 is 5.32 Å². The van der Waals surface area contributed by atoms with Crippen LogP contribution in [0.3, 0.4) is 0 Å². The van der Waals surface area contributed by atoms with E-state index in [0.717, 1.165) is 6.26 Å². The Hall–Kier alpha value is -1.11. The Morgan fingerprint density at radius 3 is 2.16 bits per heavy atom. The summed E-state index contributed by atoms with van der Waals surface area (Å²) in [4.78, 5) is 8.35. The average molecular weight is 320 g/mol. The molecular formula is C11H11Cl2N3O2S. The Bertz CT molecular complexity index is 747. The number of anilines is 1. The third kappa shape index (κ3) is 2.91. The van der Waals surface area contributed by atoms with Crippen molar-refractivity contribution in [3.8, 4) is 0 Å². The van der Waals surface area contributed by atoms with Crippen LogP contribution in [-0.4, -0.2) is 31.2 Å². The minimum absolute atomic E-state index is 0.0970. The van der Waals surface area contributed by atoms with Gasteiger partial charge in [0.1, 0.15) is 0 Å². The Morgan fingerprint density at radius 2 is 1.68 bits per heavy atom. The van der Waals surface area contributed by atoms with Gasteiger partial charge in [0, 0.05) is 12.8 Å². The molecule has 0 saturated carbocycles. The van der Waals surface area contributed by atoms with Gasteiger partial charge in [-0.05, 0) is 19.1 Å². The first-order valence-corrected chi connectivity index (χ1v) is 8.08. The van der Waals surface area contributed by atoms with E-state index in [-0.39, 0.29) is 10.8 Å². The smallest absolute Gasteiger partial charge is 0.198 e. The first-order valence-electron chi connectivity index (χ1n) is 5.43. The zero-order chi connectivity index (χ0) is 14.2. The van der Waals surface area contributed by atoms with E-state index in [4.69, 9.17) is 23.2 Å². The highest BCUT2D eigenvalue weighted by Crippen LogP contribution is 2.28. The minimum Gasteiger partial charge on any atom is -0.368 e. The van der Waals surface area contributed by atoms with Gasteiger partial charge in [-0.1, -0.05) is 23.2 Å². The topological polar surface area (TPSA) is 72.0 Å². The second-order valence-corrected chi connectivity index (χ2v) is 6.68. The summed E-state index contributed by atoms with van der Waals surface area (Å²) < 4.78 is 23.4. The van der Waals surface area contributed by atoms with Crippen LogP contribution in [0.4, 0.5) is 5.82 Å². The van der Waals surface area contributed by atoms with E-state index in [9.17, 15) is 8.42 Å². The van der Waals surface area contributed by atoms with Crippen molar-refractivity contribution in [2.24, 2.45) is 0 Å². The highest BCUT2D eigenvalue weighted by atomic mass is 35.5. The van der Waals surface area contributed by atoms with E-state index in [1.54, 1.807) is 6.07 Å².